The van der Waals surface area contributed by atoms with E-state index in [1.165, 1.54) is 0 Å². The first-order chi connectivity index (χ1) is 8.23. The number of nitrogens with one attached hydrogen (secondary N) is 1. The van der Waals surface area contributed by atoms with Gasteiger partial charge in [0.05, 0.1) is 0 Å². The SMILES string of the molecule is CCC[C@](C)(CCl)CC(=O)N[C@](C)(CC)C(N)=O. The summed E-state index contributed by atoms with van der Waals surface area (Å²) < 4.78 is 0. The molecule has 0 aliphatic heterocycles. The summed E-state index contributed by atoms with van der Waals surface area (Å²) in [5, 5.41) is 2.72. The van der Waals surface area contributed by atoms with Crippen molar-refractivity contribution in [1.29, 1.82) is 0 Å². The van der Waals surface area contributed by atoms with Crippen molar-refractivity contribution in [2.45, 2.75) is 58.9 Å². The van der Waals surface area contributed by atoms with Crippen LogP contribution in [-0.4, -0.2) is 23.2 Å². The third-order valence-corrected chi connectivity index (χ3v) is 4.07. The van der Waals surface area contributed by atoms with E-state index in [0.717, 1.165) is 12.8 Å². The van der Waals surface area contributed by atoms with E-state index in [0.29, 0.717) is 18.7 Å². The summed E-state index contributed by atoms with van der Waals surface area (Å²) in [6.07, 6.45) is 2.63. The van der Waals surface area contributed by atoms with Crippen molar-refractivity contribution in [3.05, 3.63) is 0 Å². The predicted molar refractivity (Wildman–Crippen MR) is 74.4 cm³/mol. The second-order valence-corrected chi connectivity index (χ2v) is 5.74. The Morgan fingerprint density at radius 1 is 1.28 bits per heavy atom. The Labute approximate surface area is 115 Å². The molecule has 0 radical (unpaired) electrons. The summed E-state index contributed by atoms with van der Waals surface area (Å²) in [5.74, 6) is -0.260. The van der Waals surface area contributed by atoms with E-state index in [1.54, 1.807) is 6.92 Å². The van der Waals surface area contributed by atoms with Gasteiger partial charge in [-0.1, -0.05) is 27.2 Å². The van der Waals surface area contributed by atoms with Crippen molar-refractivity contribution in [1.82, 2.24) is 5.32 Å². The smallest absolute Gasteiger partial charge is 0.242 e. The van der Waals surface area contributed by atoms with Crippen molar-refractivity contribution in [3.63, 3.8) is 0 Å². The molecule has 0 unspecified atom stereocenters. The molecule has 18 heavy (non-hydrogen) atoms. The largest absolute Gasteiger partial charge is 0.368 e. The van der Waals surface area contributed by atoms with E-state index in [2.05, 4.69) is 12.2 Å². The molecule has 0 heterocycles. The predicted octanol–water partition coefficient (Wildman–Crippen LogP) is 2.19. The van der Waals surface area contributed by atoms with E-state index in [1.807, 2.05) is 13.8 Å². The summed E-state index contributed by atoms with van der Waals surface area (Å²) in [7, 11) is 0. The Morgan fingerprint density at radius 2 is 1.83 bits per heavy atom. The standard InChI is InChI=1S/C13H25ClN2O2/c1-5-7-12(3,9-14)8-10(17)16-13(4,6-2)11(15)18/h5-9H2,1-4H3,(H2,15,18)(H,16,17)/t12-,13+/m0/s1. The van der Waals surface area contributed by atoms with Crippen molar-refractivity contribution in [3.8, 4) is 0 Å². The molecule has 0 aliphatic rings. The van der Waals surface area contributed by atoms with Gasteiger partial charge in [0.2, 0.25) is 11.8 Å². The van der Waals surface area contributed by atoms with Crippen molar-refractivity contribution in [2.24, 2.45) is 11.1 Å². The molecule has 0 saturated heterocycles. The summed E-state index contributed by atoms with van der Waals surface area (Å²) in [4.78, 5) is 23.3. The molecule has 0 aromatic rings. The van der Waals surface area contributed by atoms with E-state index in [-0.39, 0.29) is 11.3 Å². The molecule has 0 saturated carbocycles. The van der Waals surface area contributed by atoms with E-state index in [9.17, 15) is 9.59 Å². The van der Waals surface area contributed by atoms with Gasteiger partial charge in [-0.25, -0.2) is 0 Å². The Bertz CT molecular complexity index is 309. The Balaban J connectivity index is 4.63. The van der Waals surface area contributed by atoms with Gasteiger partial charge in [-0.15, -0.1) is 11.6 Å². The van der Waals surface area contributed by atoms with Gasteiger partial charge in [0.1, 0.15) is 5.54 Å². The van der Waals surface area contributed by atoms with Gasteiger partial charge in [-0.2, -0.15) is 0 Å². The van der Waals surface area contributed by atoms with Crippen LogP contribution < -0.4 is 11.1 Å². The highest BCUT2D eigenvalue weighted by Gasteiger charge is 2.33. The molecular formula is C13H25ClN2O2. The average molecular weight is 277 g/mol. The second-order valence-electron chi connectivity index (χ2n) is 5.47. The lowest BCUT2D eigenvalue weighted by Gasteiger charge is -2.30. The van der Waals surface area contributed by atoms with Crippen LogP contribution in [0.4, 0.5) is 0 Å². The zero-order valence-electron chi connectivity index (χ0n) is 11.8. The third kappa shape index (κ3) is 4.84. The molecule has 0 fully saturated rings. The molecule has 0 aliphatic carbocycles. The zero-order valence-corrected chi connectivity index (χ0v) is 12.6. The van der Waals surface area contributed by atoms with Gasteiger partial charge in [-0.3, -0.25) is 9.59 Å². The van der Waals surface area contributed by atoms with Crippen LogP contribution in [0.25, 0.3) is 0 Å². The minimum absolute atomic E-state index is 0.172. The highest BCUT2D eigenvalue weighted by atomic mass is 35.5. The van der Waals surface area contributed by atoms with Crippen LogP contribution in [0.3, 0.4) is 0 Å². The molecule has 3 N–H and O–H groups in total. The molecule has 0 aromatic heterocycles. The zero-order chi connectivity index (χ0) is 14.4. The van der Waals surface area contributed by atoms with E-state index < -0.39 is 11.4 Å². The molecule has 0 spiro atoms. The lowest BCUT2D eigenvalue weighted by Crippen LogP contribution is -2.55. The normalized spacial score (nSPS) is 17.6. The second kappa shape index (κ2) is 6.98. The first-order valence-corrected chi connectivity index (χ1v) is 6.93. The van der Waals surface area contributed by atoms with Gasteiger partial charge in [0, 0.05) is 12.3 Å². The van der Waals surface area contributed by atoms with Gasteiger partial charge in [0.25, 0.3) is 0 Å². The molecule has 0 bridgehead atoms. The average Bonchev–Trinajstić information content (AvgIpc) is 2.28. The van der Waals surface area contributed by atoms with Crippen LogP contribution in [0.5, 0.6) is 0 Å². The molecule has 0 aromatic carbocycles. The number of carbonyl (C=O) groups is 2. The molecule has 0 rings (SSSR count). The molecule has 106 valence electrons. The summed E-state index contributed by atoms with van der Waals surface area (Å²) >= 11 is 5.93. The minimum Gasteiger partial charge on any atom is -0.368 e. The highest BCUT2D eigenvalue weighted by Crippen LogP contribution is 2.29. The molecule has 2 atom stereocenters. The number of alkyl halides is 1. The lowest BCUT2D eigenvalue weighted by atomic mass is 9.83. The minimum atomic E-state index is -0.976. The number of hydrogen-bond acceptors (Lipinski definition) is 2. The van der Waals surface area contributed by atoms with Crippen LogP contribution in [0.1, 0.15) is 53.4 Å². The van der Waals surface area contributed by atoms with Crippen molar-refractivity contribution in [2.75, 3.05) is 5.88 Å². The van der Waals surface area contributed by atoms with Crippen LogP contribution in [0.15, 0.2) is 0 Å². The number of hydrogen-bond donors (Lipinski definition) is 2. The molecule has 2 amide bonds. The fourth-order valence-corrected chi connectivity index (χ4v) is 2.10. The third-order valence-electron chi connectivity index (χ3n) is 3.43. The highest BCUT2D eigenvalue weighted by molar-refractivity contribution is 6.18. The quantitative estimate of drug-likeness (QED) is 0.667. The topological polar surface area (TPSA) is 72.2 Å². The number of rotatable bonds is 8. The van der Waals surface area contributed by atoms with Gasteiger partial charge >= 0.3 is 0 Å². The summed E-state index contributed by atoms with van der Waals surface area (Å²) in [6.45, 7) is 7.50. The maximum absolute atomic E-state index is 12.0. The molecular weight excluding hydrogens is 252 g/mol. The Hall–Kier alpha value is -0.770. The number of amides is 2. The van der Waals surface area contributed by atoms with Crippen LogP contribution in [0, 0.1) is 5.41 Å². The van der Waals surface area contributed by atoms with Crippen molar-refractivity contribution >= 4 is 23.4 Å². The monoisotopic (exact) mass is 276 g/mol. The molecule has 4 nitrogen and oxygen atoms in total. The van der Waals surface area contributed by atoms with Crippen LogP contribution in [-0.2, 0) is 9.59 Å². The van der Waals surface area contributed by atoms with Crippen LogP contribution >= 0.6 is 11.6 Å². The Kier molecular flexibility index (Phi) is 6.68. The fourth-order valence-electron chi connectivity index (χ4n) is 1.87. The maximum Gasteiger partial charge on any atom is 0.242 e. The van der Waals surface area contributed by atoms with E-state index in [4.69, 9.17) is 17.3 Å². The number of nitrogens with two attached hydrogens (primary N) is 1. The van der Waals surface area contributed by atoms with Gasteiger partial charge < -0.3 is 11.1 Å². The summed E-state index contributed by atoms with van der Waals surface area (Å²) in [5.41, 5.74) is 4.10. The van der Waals surface area contributed by atoms with Crippen LogP contribution in [0.2, 0.25) is 0 Å². The first-order valence-electron chi connectivity index (χ1n) is 6.40. The molecule has 5 heteroatoms. The van der Waals surface area contributed by atoms with E-state index >= 15 is 0 Å². The lowest BCUT2D eigenvalue weighted by molar-refractivity contribution is -0.132. The summed E-state index contributed by atoms with van der Waals surface area (Å²) in [6, 6.07) is 0. The number of carbonyl (C=O) groups excluding carboxylic acids is 2. The fraction of sp³-hybridized carbons (Fsp3) is 0.846. The number of primary amides is 1. The Morgan fingerprint density at radius 3 is 2.17 bits per heavy atom. The maximum atomic E-state index is 12.0. The van der Waals surface area contributed by atoms with Crippen molar-refractivity contribution < 1.29 is 9.59 Å². The number of halogens is 1. The first kappa shape index (κ1) is 17.2. The van der Waals surface area contributed by atoms with Gasteiger partial charge in [-0.05, 0) is 25.2 Å². The van der Waals surface area contributed by atoms with Gasteiger partial charge in [0.15, 0.2) is 0 Å².